The van der Waals surface area contributed by atoms with Crippen LogP contribution in [-0.2, 0) is 6.42 Å². The van der Waals surface area contributed by atoms with E-state index < -0.39 is 0 Å². The normalized spacial score (nSPS) is 12.3. The summed E-state index contributed by atoms with van der Waals surface area (Å²) in [4.78, 5) is 1.21. The first kappa shape index (κ1) is 14.4. The first-order valence-electron chi connectivity index (χ1n) is 6.06. The van der Waals surface area contributed by atoms with Crippen LogP contribution in [0.2, 0.25) is 0 Å². The van der Waals surface area contributed by atoms with Gasteiger partial charge in [-0.15, -0.1) is 11.8 Å². The number of halogens is 1. The molecule has 0 aromatic heterocycles. The lowest BCUT2D eigenvalue weighted by atomic mass is 10.1. The minimum atomic E-state index is 0.0987. The van der Waals surface area contributed by atoms with E-state index in [1.807, 2.05) is 30.3 Å². The fourth-order valence-corrected chi connectivity index (χ4v) is 3.27. The van der Waals surface area contributed by atoms with Gasteiger partial charge < -0.3 is 10.8 Å². The van der Waals surface area contributed by atoms with Crippen molar-refractivity contribution in [1.82, 2.24) is 0 Å². The van der Waals surface area contributed by atoms with Gasteiger partial charge in [-0.3, -0.25) is 0 Å². The second-order valence-electron chi connectivity index (χ2n) is 4.37. The predicted molar refractivity (Wildman–Crippen MR) is 84.7 cm³/mol. The van der Waals surface area contributed by atoms with Crippen LogP contribution in [0.5, 0.6) is 5.75 Å². The molecule has 0 aliphatic rings. The molecule has 0 saturated heterocycles. The van der Waals surface area contributed by atoms with E-state index in [0.717, 1.165) is 22.2 Å². The number of rotatable bonds is 5. The highest BCUT2D eigenvalue weighted by atomic mass is 79.9. The van der Waals surface area contributed by atoms with Crippen molar-refractivity contribution in [2.45, 2.75) is 17.4 Å². The minimum absolute atomic E-state index is 0.0987. The number of phenols is 1. The molecule has 100 valence electrons. The maximum Gasteiger partial charge on any atom is 0.115 e. The number of benzene rings is 2. The van der Waals surface area contributed by atoms with Gasteiger partial charge >= 0.3 is 0 Å². The quantitative estimate of drug-likeness (QED) is 0.815. The Balaban J connectivity index is 1.86. The van der Waals surface area contributed by atoms with Crippen molar-refractivity contribution in [2.24, 2.45) is 5.73 Å². The molecule has 1 unspecified atom stereocenters. The average Bonchev–Trinajstić information content (AvgIpc) is 2.40. The van der Waals surface area contributed by atoms with Crippen LogP contribution in [0.3, 0.4) is 0 Å². The Bertz CT molecular complexity index is 530. The van der Waals surface area contributed by atoms with Crippen molar-refractivity contribution in [3.05, 3.63) is 58.6 Å². The number of nitrogens with two attached hydrogens (primary N) is 1. The molecule has 4 heteroatoms. The lowest BCUT2D eigenvalue weighted by Crippen LogP contribution is -2.25. The lowest BCUT2D eigenvalue weighted by Gasteiger charge is -2.12. The maximum absolute atomic E-state index is 9.23. The second-order valence-corrected chi connectivity index (χ2v) is 6.29. The highest BCUT2D eigenvalue weighted by Gasteiger charge is 2.07. The van der Waals surface area contributed by atoms with Gasteiger partial charge in [0, 0.05) is 21.2 Å². The molecule has 0 bridgehead atoms. The Morgan fingerprint density at radius 2 is 1.79 bits per heavy atom. The third kappa shape index (κ3) is 4.56. The summed E-state index contributed by atoms with van der Waals surface area (Å²) in [5.41, 5.74) is 7.29. The molecule has 19 heavy (non-hydrogen) atoms. The Labute approximate surface area is 126 Å². The molecule has 0 amide bonds. The van der Waals surface area contributed by atoms with Crippen LogP contribution in [0.4, 0.5) is 0 Å². The van der Waals surface area contributed by atoms with Crippen molar-refractivity contribution in [3.8, 4) is 5.75 Å². The fraction of sp³-hybridized carbons (Fsp3) is 0.200. The van der Waals surface area contributed by atoms with E-state index in [-0.39, 0.29) is 6.04 Å². The Morgan fingerprint density at radius 1 is 1.11 bits per heavy atom. The molecule has 2 nitrogen and oxygen atoms in total. The summed E-state index contributed by atoms with van der Waals surface area (Å²) in [5.74, 6) is 1.16. The van der Waals surface area contributed by atoms with Gasteiger partial charge in [-0.2, -0.15) is 0 Å². The van der Waals surface area contributed by atoms with E-state index >= 15 is 0 Å². The van der Waals surface area contributed by atoms with Crippen molar-refractivity contribution >= 4 is 27.7 Å². The maximum atomic E-state index is 9.23. The third-order valence-corrected chi connectivity index (χ3v) is 4.94. The molecule has 2 rings (SSSR count). The van der Waals surface area contributed by atoms with Crippen LogP contribution in [0, 0.1) is 0 Å². The molecule has 0 spiro atoms. The van der Waals surface area contributed by atoms with Gasteiger partial charge in [-0.1, -0.05) is 24.3 Å². The largest absolute Gasteiger partial charge is 0.508 e. The van der Waals surface area contributed by atoms with Gasteiger partial charge in [0.25, 0.3) is 0 Å². The summed E-state index contributed by atoms with van der Waals surface area (Å²) in [6, 6.07) is 15.5. The van der Waals surface area contributed by atoms with Gasteiger partial charge in [0.05, 0.1) is 0 Å². The highest BCUT2D eigenvalue weighted by Crippen LogP contribution is 2.27. The lowest BCUT2D eigenvalue weighted by molar-refractivity contribution is 0.475. The van der Waals surface area contributed by atoms with E-state index in [0.29, 0.717) is 5.75 Å². The van der Waals surface area contributed by atoms with Gasteiger partial charge in [-0.05, 0) is 52.2 Å². The Morgan fingerprint density at radius 3 is 2.47 bits per heavy atom. The smallest absolute Gasteiger partial charge is 0.115 e. The Hall–Kier alpha value is -0.970. The molecule has 3 N–H and O–H groups in total. The number of aromatic hydroxyl groups is 1. The van der Waals surface area contributed by atoms with Gasteiger partial charge in [0.15, 0.2) is 0 Å². The third-order valence-electron chi connectivity index (χ3n) is 2.72. The summed E-state index contributed by atoms with van der Waals surface area (Å²) >= 11 is 5.29. The van der Waals surface area contributed by atoms with Crippen molar-refractivity contribution in [1.29, 1.82) is 0 Å². The molecular weight excluding hydrogens is 322 g/mol. The topological polar surface area (TPSA) is 46.2 Å². The van der Waals surface area contributed by atoms with Crippen LogP contribution in [0.1, 0.15) is 5.56 Å². The molecule has 0 heterocycles. The summed E-state index contributed by atoms with van der Waals surface area (Å²) in [7, 11) is 0. The molecule has 0 aliphatic carbocycles. The van der Waals surface area contributed by atoms with Crippen molar-refractivity contribution < 1.29 is 5.11 Å². The zero-order valence-corrected chi connectivity index (χ0v) is 12.8. The van der Waals surface area contributed by atoms with Crippen LogP contribution < -0.4 is 5.73 Å². The summed E-state index contributed by atoms with van der Waals surface area (Å²) in [6.45, 7) is 0. The van der Waals surface area contributed by atoms with Gasteiger partial charge in [-0.25, -0.2) is 0 Å². The predicted octanol–water partition coefficient (Wildman–Crippen LogP) is 3.82. The van der Waals surface area contributed by atoms with E-state index in [9.17, 15) is 5.11 Å². The summed E-state index contributed by atoms with van der Waals surface area (Å²) in [5, 5.41) is 9.23. The Kier molecular flexibility index (Phi) is 5.31. The minimum Gasteiger partial charge on any atom is -0.508 e. The average molecular weight is 338 g/mol. The van der Waals surface area contributed by atoms with E-state index in [2.05, 4.69) is 22.0 Å². The molecular formula is C15H16BrNOS. The van der Waals surface area contributed by atoms with Crippen LogP contribution in [0.15, 0.2) is 57.9 Å². The summed E-state index contributed by atoms with van der Waals surface area (Å²) < 4.78 is 1.11. The van der Waals surface area contributed by atoms with E-state index in [4.69, 9.17) is 5.73 Å². The second kappa shape index (κ2) is 6.98. The number of phenolic OH excluding ortho intramolecular Hbond substituents is 1. The molecule has 0 saturated carbocycles. The molecule has 0 fully saturated rings. The highest BCUT2D eigenvalue weighted by molar-refractivity contribution is 9.10. The van der Waals surface area contributed by atoms with Crippen molar-refractivity contribution in [2.75, 3.05) is 5.75 Å². The van der Waals surface area contributed by atoms with Gasteiger partial charge in [0.2, 0.25) is 0 Å². The number of thioether (sulfide) groups is 1. The molecule has 1 atom stereocenters. The van der Waals surface area contributed by atoms with Crippen LogP contribution in [0.25, 0.3) is 0 Å². The first-order chi connectivity index (χ1) is 9.15. The van der Waals surface area contributed by atoms with E-state index in [1.165, 1.54) is 4.90 Å². The fourth-order valence-electron chi connectivity index (χ4n) is 1.75. The van der Waals surface area contributed by atoms with Crippen molar-refractivity contribution in [3.63, 3.8) is 0 Å². The molecule has 2 aromatic rings. The SMILES string of the molecule is NC(CSc1ccccc1Br)Cc1ccc(O)cc1. The number of hydrogen-bond donors (Lipinski definition) is 2. The zero-order valence-electron chi connectivity index (χ0n) is 10.4. The number of hydrogen-bond acceptors (Lipinski definition) is 3. The standard InChI is InChI=1S/C15H16BrNOS/c16-14-3-1-2-4-15(14)19-10-12(17)9-11-5-7-13(18)8-6-11/h1-8,12,18H,9-10,17H2. The van der Waals surface area contributed by atoms with Gasteiger partial charge in [0.1, 0.15) is 5.75 Å². The molecule has 2 aromatic carbocycles. The molecule has 0 radical (unpaired) electrons. The first-order valence-corrected chi connectivity index (χ1v) is 7.84. The zero-order chi connectivity index (χ0) is 13.7. The molecule has 0 aliphatic heterocycles. The van der Waals surface area contributed by atoms with Crippen LogP contribution in [-0.4, -0.2) is 16.9 Å². The van der Waals surface area contributed by atoms with Crippen LogP contribution >= 0.6 is 27.7 Å². The summed E-state index contributed by atoms with van der Waals surface area (Å²) in [6.07, 6.45) is 0.817. The monoisotopic (exact) mass is 337 g/mol. The van der Waals surface area contributed by atoms with E-state index in [1.54, 1.807) is 23.9 Å².